The Labute approximate surface area is 156 Å². The summed E-state index contributed by atoms with van der Waals surface area (Å²) in [7, 11) is -5.69. The molecule has 0 saturated carbocycles. The van der Waals surface area contributed by atoms with E-state index >= 15 is 0 Å². The van der Waals surface area contributed by atoms with Crippen LogP contribution in [0.4, 0.5) is 23.7 Å². The number of carbonyl (C=O) groups is 1. The molecule has 0 unspecified atom stereocenters. The van der Waals surface area contributed by atoms with Crippen molar-refractivity contribution in [1.29, 1.82) is 0 Å². The summed E-state index contributed by atoms with van der Waals surface area (Å²) in [6.45, 7) is 6.18. The SMILES string of the molecule is CC(C)(C)c1ccc(NC(=O)N2CC=C(OS(=O)(=O)C(F)(F)F)CC2)cc1. The number of hydrogen-bond donors (Lipinski definition) is 1. The molecule has 0 saturated heterocycles. The normalized spacial score (nSPS) is 15.9. The second-order valence-electron chi connectivity index (χ2n) is 7.11. The number of nitrogens with one attached hydrogen (secondary N) is 1. The molecule has 1 aromatic carbocycles. The van der Waals surface area contributed by atoms with Crippen LogP contribution in [0.3, 0.4) is 0 Å². The number of carbonyl (C=O) groups excluding carboxylic acids is 1. The van der Waals surface area contributed by atoms with Crippen molar-refractivity contribution in [2.24, 2.45) is 0 Å². The molecule has 150 valence electrons. The monoisotopic (exact) mass is 406 g/mol. The summed E-state index contributed by atoms with van der Waals surface area (Å²) in [6, 6.07) is 6.90. The first-order valence-corrected chi connectivity index (χ1v) is 9.57. The van der Waals surface area contributed by atoms with Crippen molar-refractivity contribution >= 4 is 21.8 Å². The Kier molecular flexibility index (Phi) is 5.79. The highest BCUT2D eigenvalue weighted by Gasteiger charge is 2.49. The van der Waals surface area contributed by atoms with Gasteiger partial charge < -0.3 is 14.4 Å². The fourth-order valence-corrected chi connectivity index (χ4v) is 2.88. The standard InChI is InChI=1S/C17H21F3N2O4S/c1-16(2,3)12-4-6-13(7-5-12)21-15(23)22-10-8-14(9-11-22)26-27(24,25)17(18,19)20/h4-8H,9-11H2,1-3H3,(H,21,23). The first-order valence-electron chi connectivity index (χ1n) is 8.16. The van der Waals surface area contributed by atoms with Crippen molar-refractivity contribution in [2.45, 2.75) is 38.1 Å². The largest absolute Gasteiger partial charge is 0.534 e. The molecule has 1 heterocycles. The number of amides is 2. The highest BCUT2D eigenvalue weighted by molar-refractivity contribution is 7.87. The predicted molar refractivity (Wildman–Crippen MR) is 94.5 cm³/mol. The lowest BCUT2D eigenvalue weighted by Crippen LogP contribution is -2.38. The van der Waals surface area contributed by atoms with Gasteiger partial charge in [0.25, 0.3) is 0 Å². The van der Waals surface area contributed by atoms with E-state index in [0.717, 1.165) is 11.6 Å². The molecule has 0 aliphatic carbocycles. The van der Waals surface area contributed by atoms with Crippen molar-refractivity contribution in [3.8, 4) is 0 Å². The summed E-state index contributed by atoms with van der Waals surface area (Å²) >= 11 is 0. The summed E-state index contributed by atoms with van der Waals surface area (Å²) in [6.07, 6.45) is 1.01. The number of anilines is 1. The maximum absolute atomic E-state index is 12.3. The lowest BCUT2D eigenvalue weighted by Gasteiger charge is -2.26. The lowest BCUT2D eigenvalue weighted by molar-refractivity contribution is -0.0524. The molecule has 0 aromatic heterocycles. The van der Waals surface area contributed by atoms with Crippen LogP contribution in [0.5, 0.6) is 0 Å². The molecule has 0 bridgehead atoms. The minimum absolute atomic E-state index is 0.0205. The van der Waals surface area contributed by atoms with Gasteiger partial charge in [-0.1, -0.05) is 32.9 Å². The molecule has 1 aliphatic rings. The van der Waals surface area contributed by atoms with Gasteiger partial charge in [0.15, 0.2) is 0 Å². The molecule has 0 fully saturated rings. The van der Waals surface area contributed by atoms with Crippen LogP contribution in [0.2, 0.25) is 0 Å². The van der Waals surface area contributed by atoms with E-state index in [1.54, 1.807) is 12.1 Å². The van der Waals surface area contributed by atoms with Gasteiger partial charge in [0.05, 0.1) is 0 Å². The zero-order valence-corrected chi connectivity index (χ0v) is 15.9. The van der Waals surface area contributed by atoms with Crippen molar-refractivity contribution in [3.05, 3.63) is 41.7 Å². The van der Waals surface area contributed by atoms with Gasteiger partial charge in [-0.25, -0.2) is 4.79 Å². The van der Waals surface area contributed by atoms with Crippen LogP contribution in [0.25, 0.3) is 0 Å². The van der Waals surface area contributed by atoms with Gasteiger partial charge in [-0.2, -0.15) is 21.6 Å². The average Bonchev–Trinajstić information content (AvgIpc) is 2.53. The molecule has 0 atom stereocenters. The maximum atomic E-state index is 12.3. The zero-order valence-electron chi connectivity index (χ0n) is 15.1. The van der Waals surface area contributed by atoms with Gasteiger partial charge >= 0.3 is 21.7 Å². The molecule has 6 nitrogen and oxygen atoms in total. The first kappa shape index (κ1) is 21.1. The van der Waals surface area contributed by atoms with Gasteiger partial charge in [0, 0.05) is 25.2 Å². The van der Waals surface area contributed by atoms with Crippen molar-refractivity contribution in [1.82, 2.24) is 4.90 Å². The van der Waals surface area contributed by atoms with E-state index < -0.39 is 21.7 Å². The van der Waals surface area contributed by atoms with E-state index in [1.807, 2.05) is 12.1 Å². The van der Waals surface area contributed by atoms with Crippen LogP contribution >= 0.6 is 0 Å². The van der Waals surface area contributed by atoms with Crippen LogP contribution in [0.1, 0.15) is 32.8 Å². The predicted octanol–water partition coefficient (Wildman–Crippen LogP) is 3.97. The fraction of sp³-hybridized carbons (Fsp3) is 0.471. The van der Waals surface area contributed by atoms with Crippen LogP contribution in [0.15, 0.2) is 36.1 Å². The fourth-order valence-electron chi connectivity index (χ4n) is 2.35. The Morgan fingerprint density at radius 1 is 1.15 bits per heavy atom. The highest BCUT2D eigenvalue weighted by Crippen LogP contribution is 2.28. The molecular formula is C17H21F3N2O4S. The maximum Gasteiger partial charge on any atom is 0.534 e. The molecule has 0 spiro atoms. The summed E-state index contributed by atoms with van der Waals surface area (Å²) in [5.74, 6) is -0.328. The number of rotatable bonds is 3. The number of nitrogens with zero attached hydrogens (tertiary/aromatic N) is 1. The van der Waals surface area contributed by atoms with E-state index in [0.29, 0.717) is 5.69 Å². The molecule has 0 radical (unpaired) electrons. The molecule has 2 amide bonds. The second kappa shape index (κ2) is 7.41. The third-order valence-electron chi connectivity index (χ3n) is 3.96. The smallest absolute Gasteiger partial charge is 0.381 e. The highest BCUT2D eigenvalue weighted by atomic mass is 32.2. The third-order valence-corrected chi connectivity index (χ3v) is 4.96. The average molecular weight is 406 g/mol. The van der Waals surface area contributed by atoms with Gasteiger partial charge in [-0.05, 0) is 29.2 Å². The molecule has 1 N–H and O–H groups in total. The van der Waals surface area contributed by atoms with E-state index in [2.05, 4.69) is 30.3 Å². The van der Waals surface area contributed by atoms with Crippen LogP contribution < -0.4 is 5.32 Å². The molecule has 2 rings (SSSR count). The van der Waals surface area contributed by atoms with Gasteiger partial charge in [0.2, 0.25) is 0 Å². The second-order valence-corrected chi connectivity index (χ2v) is 8.64. The van der Waals surface area contributed by atoms with Gasteiger partial charge in [-0.3, -0.25) is 0 Å². The Bertz CT molecular complexity index is 825. The molecule has 1 aliphatic heterocycles. The van der Waals surface area contributed by atoms with Crippen LogP contribution in [0, 0.1) is 0 Å². The Balaban J connectivity index is 1.95. The number of hydrogen-bond acceptors (Lipinski definition) is 4. The number of urea groups is 1. The van der Waals surface area contributed by atoms with E-state index in [9.17, 15) is 26.4 Å². The lowest BCUT2D eigenvalue weighted by atomic mass is 9.87. The summed E-state index contributed by atoms with van der Waals surface area (Å²) in [4.78, 5) is 13.6. The van der Waals surface area contributed by atoms with E-state index in [-0.39, 0.29) is 30.7 Å². The molecular weight excluding hydrogens is 385 g/mol. The van der Waals surface area contributed by atoms with Crippen molar-refractivity contribution in [3.63, 3.8) is 0 Å². The topological polar surface area (TPSA) is 75.7 Å². The Morgan fingerprint density at radius 3 is 2.19 bits per heavy atom. The Morgan fingerprint density at radius 2 is 1.74 bits per heavy atom. The molecule has 27 heavy (non-hydrogen) atoms. The van der Waals surface area contributed by atoms with Gasteiger partial charge in [-0.15, -0.1) is 0 Å². The minimum Gasteiger partial charge on any atom is -0.381 e. The quantitative estimate of drug-likeness (QED) is 0.609. The minimum atomic E-state index is -5.69. The summed E-state index contributed by atoms with van der Waals surface area (Å²) < 4.78 is 63.0. The van der Waals surface area contributed by atoms with E-state index in [1.165, 1.54) is 4.90 Å². The summed E-state index contributed by atoms with van der Waals surface area (Å²) in [5, 5.41) is 2.70. The number of alkyl halides is 3. The van der Waals surface area contributed by atoms with Crippen molar-refractivity contribution in [2.75, 3.05) is 18.4 Å². The third kappa shape index (κ3) is 5.38. The number of halogens is 3. The number of benzene rings is 1. The summed E-state index contributed by atoms with van der Waals surface area (Å²) in [5.41, 5.74) is -3.82. The van der Waals surface area contributed by atoms with Crippen LogP contribution in [-0.2, 0) is 19.7 Å². The van der Waals surface area contributed by atoms with Gasteiger partial charge in [0.1, 0.15) is 5.76 Å². The van der Waals surface area contributed by atoms with Crippen LogP contribution in [-0.4, -0.2) is 37.9 Å². The van der Waals surface area contributed by atoms with E-state index in [4.69, 9.17) is 0 Å². The Hall–Kier alpha value is -2.23. The molecule has 1 aromatic rings. The van der Waals surface area contributed by atoms with Crippen molar-refractivity contribution < 1.29 is 30.6 Å². The molecule has 10 heteroatoms. The zero-order chi connectivity index (χ0) is 20.5. The first-order chi connectivity index (χ1) is 12.3.